The van der Waals surface area contributed by atoms with E-state index in [2.05, 4.69) is 54.0 Å². The molecule has 1 aromatic rings. The summed E-state index contributed by atoms with van der Waals surface area (Å²) in [4.78, 5) is 12.1. The van der Waals surface area contributed by atoms with Gasteiger partial charge in [0.25, 0.3) is 0 Å². The van der Waals surface area contributed by atoms with Gasteiger partial charge in [0, 0.05) is 12.1 Å². The van der Waals surface area contributed by atoms with Gasteiger partial charge in [0.1, 0.15) is 0 Å². The fourth-order valence-corrected chi connectivity index (χ4v) is 2.50. The summed E-state index contributed by atoms with van der Waals surface area (Å²) in [6.45, 7) is 11.5. The molecule has 0 fully saturated rings. The minimum absolute atomic E-state index is 0.0352. The van der Waals surface area contributed by atoms with Crippen molar-refractivity contribution in [2.24, 2.45) is 0 Å². The lowest BCUT2D eigenvalue weighted by atomic mass is 10.1. The van der Waals surface area contributed by atoms with Crippen LogP contribution < -0.4 is 5.32 Å². The summed E-state index contributed by atoms with van der Waals surface area (Å²) >= 11 is 3.57. The number of ketones is 1. The lowest BCUT2D eigenvalue weighted by Gasteiger charge is -2.19. The molecular formula is C14H24BrN3O. The molecular weight excluding hydrogens is 306 g/mol. The molecule has 0 bridgehead atoms. The van der Waals surface area contributed by atoms with Gasteiger partial charge in [-0.25, -0.2) is 0 Å². The maximum Gasteiger partial charge on any atom is 0.152 e. The van der Waals surface area contributed by atoms with Crippen LogP contribution in [0.25, 0.3) is 0 Å². The van der Waals surface area contributed by atoms with Crippen molar-refractivity contribution in [3.8, 4) is 0 Å². The van der Waals surface area contributed by atoms with Crippen molar-refractivity contribution in [1.82, 2.24) is 15.1 Å². The van der Waals surface area contributed by atoms with Gasteiger partial charge < -0.3 is 5.32 Å². The first-order chi connectivity index (χ1) is 8.78. The van der Waals surface area contributed by atoms with Crippen molar-refractivity contribution in [2.45, 2.75) is 59.5 Å². The molecule has 19 heavy (non-hydrogen) atoms. The van der Waals surface area contributed by atoms with E-state index < -0.39 is 0 Å². The Morgan fingerprint density at radius 1 is 1.37 bits per heavy atom. The van der Waals surface area contributed by atoms with Gasteiger partial charge in [0.2, 0.25) is 0 Å². The van der Waals surface area contributed by atoms with Crippen LogP contribution in [0, 0.1) is 0 Å². The molecule has 1 N–H and O–H groups in total. The zero-order valence-electron chi connectivity index (χ0n) is 12.5. The minimum atomic E-state index is -0.0352. The zero-order chi connectivity index (χ0) is 14.6. The molecule has 1 aromatic heterocycles. The van der Waals surface area contributed by atoms with Crippen molar-refractivity contribution >= 4 is 21.7 Å². The van der Waals surface area contributed by atoms with Crippen LogP contribution in [-0.2, 0) is 24.2 Å². The second kappa shape index (κ2) is 6.66. The topological polar surface area (TPSA) is 46.9 Å². The molecule has 0 aliphatic heterocycles. The monoisotopic (exact) mass is 329 g/mol. The third-order valence-corrected chi connectivity index (χ3v) is 3.79. The average molecular weight is 330 g/mol. The number of halogens is 1. The Kier molecular flexibility index (Phi) is 5.74. The summed E-state index contributed by atoms with van der Waals surface area (Å²) in [7, 11) is 0. The number of carbonyl (C=O) groups is 1. The van der Waals surface area contributed by atoms with Gasteiger partial charge >= 0.3 is 0 Å². The summed E-state index contributed by atoms with van der Waals surface area (Å²) in [6.07, 6.45) is 1.29. The van der Waals surface area contributed by atoms with Gasteiger partial charge in [0.15, 0.2) is 5.78 Å². The Bertz CT molecular complexity index is 446. The Hall–Kier alpha value is -0.680. The fourth-order valence-electron chi connectivity index (χ4n) is 1.80. The molecule has 0 atom stereocenters. The largest absolute Gasteiger partial charge is 0.305 e. The van der Waals surface area contributed by atoms with Crippen LogP contribution in [0.5, 0.6) is 0 Å². The van der Waals surface area contributed by atoms with Crippen LogP contribution >= 0.6 is 15.9 Å². The summed E-state index contributed by atoms with van der Waals surface area (Å²) in [5, 5.41) is 7.73. The smallest absolute Gasteiger partial charge is 0.152 e. The highest BCUT2D eigenvalue weighted by Crippen LogP contribution is 2.22. The number of hydrogen-bond donors (Lipinski definition) is 1. The molecule has 0 unspecified atom stereocenters. The van der Waals surface area contributed by atoms with Gasteiger partial charge in [-0.3, -0.25) is 9.48 Å². The number of carbonyl (C=O) groups excluding carboxylic acids is 1. The lowest BCUT2D eigenvalue weighted by Crippen LogP contribution is -2.39. The first kappa shape index (κ1) is 16.4. The van der Waals surface area contributed by atoms with Crippen LogP contribution in [0.1, 0.15) is 46.0 Å². The molecule has 0 aromatic carbocycles. The number of rotatable bonds is 6. The molecule has 108 valence electrons. The lowest BCUT2D eigenvalue weighted by molar-refractivity contribution is -0.118. The normalized spacial score (nSPS) is 11.9. The van der Waals surface area contributed by atoms with E-state index in [1.807, 2.05) is 11.6 Å². The highest BCUT2D eigenvalue weighted by molar-refractivity contribution is 9.10. The van der Waals surface area contributed by atoms with Crippen LogP contribution in [0.2, 0.25) is 0 Å². The Morgan fingerprint density at radius 2 is 2.00 bits per heavy atom. The summed E-state index contributed by atoms with van der Waals surface area (Å²) in [5.74, 6) is 0.188. The van der Waals surface area contributed by atoms with E-state index in [4.69, 9.17) is 0 Å². The predicted molar refractivity (Wildman–Crippen MR) is 81.4 cm³/mol. The van der Waals surface area contributed by atoms with Crippen LogP contribution in [0.3, 0.4) is 0 Å². The van der Waals surface area contributed by atoms with Crippen molar-refractivity contribution in [1.29, 1.82) is 0 Å². The zero-order valence-corrected chi connectivity index (χ0v) is 14.1. The fraction of sp³-hybridized carbons (Fsp3) is 0.714. The van der Waals surface area contributed by atoms with E-state index in [1.165, 1.54) is 0 Å². The number of hydrogen-bond acceptors (Lipinski definition) is 3. The van der Waals surface area contributed by atoms with E-state index in [-0.39, 0.29) is 11.3 Å². The third-order valence-electron chi connectivity index (χ3n) is 2.87. The average Bonchev–Trinajstić information content (AvgIpc) is 2.63. The second-order valence-electron chi connectivity index (χ2n) is 5.70. The number of aryl methyl sites for hydroxylation is 2. The highest BCUT2D eigenvalue weighted by Gasteiger charge is 2.18. The van der Waals surface area contributed by atoms with Crippen LogP contribution in [0.15, 0.2) is 4.47 Å². The van der Waals surface area contributed by atoms with Crippen molar-refractivity contribution in [3.63, 3.8) is 0 Å². The molecule has 1 rings (SSSR count). The van der Waals surface area contributed by atoms with Gasteiger partial charge in [-0.2, -0.15) is 5.10 Å². The molecule has 0 radical (unpaired) electrons. The van der Waals surface area contributed by atoms with Gasteiger partial charge in [-0.1, -0.05) is 6.92 Å². The van der Waals surface area contributed by atoms with E-state index in [9.17, 15) is 4.79 Å². The summed E-state index contributed by atoms with van der Waals surface area (Å²) in [6, 6.07) is 0. The number of nitrogens with one attached hydrogen (secondary N) is 1. The third kappa shape index (κ3) is 4.73. The molecule has 0 aliphatic carbocycles. The van der Waals surface area contributed by atoms with E-state index in [0.29, 0.717) is 13.0 Å². The summed E-state index contributed by atoms with van der Waals surface area (Å²) in [5.41, 5.74) is 1.97. The number of Topliss-reactive ketones (excluding diaryl/α,β-unsaturated/α-hetero) is 1. The molecule has 0 amide bonds. The Labute approximate surface area is 124 Å². The molecule has 0 spiro atoms. The van der Waals surface area contributed by atoms with Crippen molar-refractivity contribution in [2.75, 3.05) is 6.54 Å². The molecule has 1 heterocycles. The van der Waals surface area contributed by atoms with Crippen LogP contribution in [-0.4, -0.2) is 27.6 Å². The summed E-state index contributed by atoms with van der Waals surface area (Å²) < 4.78 is 2.90. The van der Waals surface area contributed by atoms with E-state index in [1.54, 1.807) is 0 Å². The Balaban J connectivity index is 2.76. The number of aromatic nitrogens is 2. The van der Waals surface area contributed by atoms with Crippen LogP contribution in [0.4, 0.5) is 0 Å². The van der Waals surface area contributed by atoms with E-state index in [0.717, 1.165) is 28.8 Å². The molecule has 0 saturated heterocycles. The molecule has 5 heteroatoms. The standard InChI is InChI=1S/C14H24BrN3O/c1-6-11-13(15)12(18(7-2)17-11)8-10(19)9-16-14(3,4)5/h16H,6-9H2,1-5H3. The first-order valence-corrected chi connectivity index (χ1v) is 7.58. The number of nitrogens with zero attached hydrogens (tertiary/aromatic N) is 2. The minimum Gasteiger partial charge on any atom is -0.305 e. The SMILES string of the molecule is CCc1nn(CC)c(CC(=O)CNC(C)(C)C)c1Br. The Morgan fingerprint density at radius 3 is 2.47 bits per heavy atom. The second-order valence-corrected chi connectivity index (χ2v) is 6.49. The van der Waals surface area contributed by atoms with Gasteiger partial charge in [-0.05, 0) is 50.0 Å². The van der Waals surface area contributed by atoms with Gasteiger partial charge in [0.05, 0.1) is 28.8 Å². The van der Waals surface area contributed by atoms with Gasteiger partial charge in [-0.15, -0.1) is 0 Å². The maximum atomic E-state index is 12.1. The predicted octanol–water partition coefficient (Wildman–Crippen LogP) is 2.73. The molecule has 4 nitrogen and oxygen atoms in total. The quantitative estimate of drug-likeness (QED) is 0.872. The molecule has 0 aliphatic rings. The molecule has 0 saturated carbocycles. The highest BCUT2D eigenvalue weighted by atomic mass is 79.9. The first-order valence-electron chi connectivity index (χ1n) is 6.79. The van der Waals surface area contributed by atoms with Crippen molar-refractivity contribution in [3.05, 3.63) is 15.9 Å². The maximum absolute atomic E-state index is 12.1. The van der Waals surface area contributed by atoms with E-state index >= 15 is 0 Å². The van der Waals surface area contributed by atoms with Crippen molar-refractivity contribution < 1.29 is 4.79 Å².